The summed E-state index contributed by atoms with van der Waals surface area (Å²) in [5.41, 5.74) is 0.935. The molecule has 1 aromatic carbocycles. The van der Waals surface area contributed by atoms with Gasteiger partial charge in [0.2, 0.25) is 5.91 Å². The molecule has 0 saturated heterocycles. The van der Waals surface area contributed by atoms with E-state index in [9.17, 15) is 4.79 Å². The fraction of sp³-hybridized carbons (Fsp3) is 0.588. The smallest absolute Gasteiger partial charge is 0.221 e. The van der Waals surface area contributed by atoms with Crippen LogP contribution < -0.4 is 15.4 Å². The van der Waals surface area contributed by atoms with Gasteiger partial charge in [-0.05, 0) is 32.4 Å². The van der Waals surface area contributed by atoms with Gasteiger partial charge in [0, 0.05) is 19.5 Å². The molecular formula is C17H28N2O2. The number of ether oxygens (including phenoxy) is 1. The van der Waals surface area contributed by atoms with Crippen LogP contribution in [-0.4, -0.2) is 25.1 Å². The van der Waals surface area contributed by atoms with Crippen LogP contribution in [0.3, 0.4) is 0 Å². The lowest BCUT2D eigenvalue weighted by molar-refractivity contribution is -0.120. The topological polar surface area (TPSA) is 50.4 Å². The number of hydrogen-bond acceptors (Lipinski definition) is 3. The Hall–Kier alpha value is -1.71. The third kappa shape index (κ3) is 7.59. The highest BCUT2D eigenvalue weighted by molar-refractivity contribution is 5.76. The number of benzene rings is 1. The second-order valence-electron chi connectivity index (χ2n) is 5.40. The molecule has 1 aromatic rings. The van der Waals surface area contributed by atoms with Gasteiger partial charge in [-0.3, -0.25) is 4.79 Å². The standard InChI is InChI=1S/C17H28N2O2/c1-4-5-8-12-19-17(20)11-13-18-15-9-6-7-10-16(15)21-14(2)3/h6-7,9-10,14,18H,4-5,8,11-13H2,1-3H3,(H,19,20). The van der Waals surface area contributed by atoms with Crippen LogP contribution in [0.4, 0.5) is 5.69 Å². The molecule has 4 nitrogen and oxygen atoms in total. The van der Waals surface area contributed by atoms with Crippen LogP contribution >= 0.6 is 0 Å². The van der Waals surface area contributed by atoms with E-state index in [1.54, 1.807) is 0 Å². The van der Waals surface area contributed by atoms with Gasteiger partial charge in [-0.1, -0.05) is 31.9 Å². The van der Waals surface area contributed by atoms with Crippen LogP contribution in [0.2, 0.25) is 0 Å². The first kappa shape index (κ1) is 17.3. The Morgan fingerprint density at radius 3 is 2.67 bits per heavy atom. The van der Waals surface area contributed by atoms with Gasteiger partial charge in [0.15, 0.2) is 0 Å². The molecule has 0 spiro atoms. The number of amides is 1. The van der Waals surface area contributed by atoms with E-state index < -0.39 is 0 Å². The van der Waals surface area contributed by atoms with E-state index in [1.165, 1.54) is 12.8 Å². The molecule has 2 N–H and O–H groups in total. The van der Waals surface area contributed by atoms with Crippen LogP contribution in [-0.2, 0) is 4.79 Å². The second-order valence-corrected chi connectivity index (χ2v) is 5.40. The summed E-state index contributed by atoms with van der Waals surface area (Å²) in [7, 11) is 0. The van der Waals surface area contributed by atoms with E-state index in [1.807, 2.05) is 38.1 Å². The van der Waals surface area contributed by atoms with Crippen LogP contribution in [0.1, 0.15) is 46.5 Å². The Bertz CT molecular complexity index is 419. The third-order valence-corrected chi connectivity index (χ3v) is 3.02. The maximum atomic E-state index is 11.7. The van der Waals surface area contributed by atoms with Gasteiger partial charge in [0.25, 0.3) is 0 Å². The number of hydrogen-bond donors (Lipinski definition) is 2. The van der Waals surface area contributed by atoms with E-state index in [2.05, 4.69) is 17.6 Å². The van der Waals surface area contributed by atoms with Crippen molar-refractivity contribution >= 4 is 11.6 Å². The third-order valence-electron chi connectivity index (χ3n) is 3.02. The molecule has 0 unspecified atom stereocenters. The summed E-state index contributed by atoms with van der Waals surface area (Å²) in [6, 6.07) is 7.81. The Morgan fingerprint density at radius 1 is 1.19 bits per heavy atom. The van der Waals surface area contributed by atoms with Crippen molar-refractivity contribution < 1.29 is 9.53 Å². The second kappa shape index (κ2) is 10.1. The molecule has 0 bridgehead atoms. The average molecular weight is 292 g/mol. The minimum absolute atomic E-state index is 0.0980. The van der Waals surface area contributed by atoms with Crippen molar-refractivity contribution in [3.63, 3.8) is 0 Å². The van der Waals surface area contributed by atoms with Crippen LogP contribution in [0, 0.1) is 0 Å². The molecule has 1 rings (SSSR count). The number of nitrogens with one attached hydrogen (secondary N) is 2. The number of rotatable bonds is 10. The molecule has 0 aliphatic carbocycles. The molecule has 0 aliphatic rings. The summed E-state index contributed by atoms with van der Waals surface area (Å²) < 4.78 is 5.73. The summed E-state index contributed by atoms with van der Waals surface area (Å²) in [5, 5.41) is 6.21. The first-order valence-electron chi connectivity index (χ1n) is 7.89. The van der Waals surface area contributed by atoms with Crippen molar-refractivity contribution in [1.29, 1.82) is 0 Å². The summed E-state index contributed by atoms with van der Waals surface area (Å²) in [5.74, 6) is 0.928. The van der Waals surface area contributed by atoms with Gasteiger partial charge in [-0.2, -0.15) is 0 Å². The Morgan fingerprint density at radius 2 is 1.95 bits per heavy atom. The molecule has 0 heterocycles. The van der Waals surface area contributed by atoms with E-state index in [-0.39, 0.29) is 12.0 Å². The highest BCUT2D eigenvalue weighted by Gasteiger charge is 2.05. The van der Waals surface area contributed by atoms with Crippen LogP contribution in [0.15, 0.2) is 24.3 Å². The van der Waals surface area contributed by atoms with Gasteiger partial charge in [-0.15, -0.1) is 0 Å². The minimum atomic E-state index is 0.0980. The first-order valence-corrected chi connectivity index (χ1v) is 7.89. The van der Waals surface area contributed by atoms with Crippen molar-refractivity contribution in [2.75, 3.05) is 18.4 Å². The van der Waals surface area contributed by atoms with Gasteiger partial charge in [0.1, 0.15) is 5.75 Å². The molecule has 1 amide bonds. The number of para-hydroxylation sites is 2. The molecule has 4 heteroatoms. The normalized spacial score (nSPS) is 10.5. The Kier molecular flexibility index (Phi) is 8.32. The lowest BCUT2D eigenvalue weighted by atomic mass is 10.2. The predicted molar refractivity (Wildman–Crippen MR) is 87.8 cm³/mol. The highest BCUT2D eigenvalue weighted by Crippen LogP contribution is 2.24. The van der Waals surface area contributed by atoms with E-state index in [4.69, 9.17) is 4.74 Å². The monoisotopic (exact) mass is 292 g/mol. The summed E-state index contributed by atoms with van der Waals surface area (Å²) in [4.78, 5) is 11.7. The van der Waals surface area contributed by atoms with Crippen LogP contribution in [0.5, 0.6) is 5.75 Å². The number of unbranched alkanes of at least 4 members (excludes halogenated alkanes) is 2. The fourth-order valence-corrected chi connectivity index (χ4v) is 1.97. The number of carbonyl (C=O) groups is 1. The van der Waals surface area contributed by atoms with Gasteiger partial charge < -0.3 is 15.4 Å². The van der Waals surface area contributed by atoms with Crippen molar-refractivity contribution in [2.45, 2.75) is 52.6 Å². The van der Waals surface area contributed by atoms with Gasteiger partial charge in [-0.25, -0.2) is 0 Å². The average Bonchev–Trinajstić information content (AvgIpc) is 2.45. The SMILES string of the molecule is CCCCCNC(=O)CCNc1ccccc1OC(C)C. The van der Waals surface area contributed by atoms with Gasteiger partial charge in [0.05, 0.1) is 11.8 Å². The molecule has 21 heavy (non-hydrogen) atoms. The summed E-state index contributed by atoms with van der Waals surface area (Å²) >= 11 is 0. The van der Waals surface area contributed by atoms with E-state index in [0.29, 0.717) is 13.0 Å². The van der Waals surface area contributed by atoms with Crippen molar-refractivity contribution in [2.24, 2.45) is 0 Å². The number of anilines is 1. The Balaban J connectivity index is 2.30. The molecule has 0 aromatic heterocycles. The molecule has 0 aliphatic heterocycles. The van der Waals surface area contributed by atoms with E-state index in [0.717, 1.165) is 24.4 Å². The summed E-state index contributed by atoms with van der Waals surface area (Å²) in [6.45, 7) is 7.54. The molecule has 0 fully saturated rings. The number of carbonyl (C=O) groups excluding carboxylic acids is 1. The lowest BCUT2D eigenvalue weighted by Crippen LogP contribution is -2.26. The zero-order chi connectivity index (χ0) is 15.5. The van der Waals surface area contributed by atoms with Crippen molar-refractivity contribution in [3.05, 3.63) is 24.3 Å². The molecular weight excluding hydrogens is 264 g/mol. The van der Waals surface area contributed by atoms with Crippen LogP contribution in [0.25, 0.3) is 0 Å². The lowest BCUT2D eigenvalue weighted by Gasteiger charge is -2.15. The van der Waals surface area contributed by atoms with Crippen molar-refractivity contribution in [3.8, 4) is 5.75 Å². The van der Waals surface area contributed by atoms with E-state index >= 15 is 0 Å². The molecule has 0 radical (unpaired) electrons. The zero-order valence-electron chi connectivity index (χ0n) is 13.4. The minimum Gasteiger partial charge on any atom is -0.489 e. The maximum Gasteiger partial charge on any atom is 0.221 e. The molecule has 0 saturated carbocycles. The molecule has 0 atom stereocenters. The predicted octanol–water partition coefficient (Wildman–Crippen LogP) is 3.58. The first-order chi connectivity index (χ1) is 10.1. The van der Waals surface area contributed by atoms with Crippen molar-refractivity contribution in [1.82, 2.24) is 5.32 Å². The Labute approximate surface area is 128 Å². The zero-order valence-corrected chi connectivity index (χ0v) is 13.4. The highest BCUT2D eigenvalue weighted by atomic mass is 16.5. The largest absolute Gasteiger partial charge is 0.489 e. The fourth-order valence-electron chi connectivity index (χ4n) is 1.97. The summed E-state index contributed by atoms with van der Waals surface area (Å²) in [6.07, 6.45) is 4.00. The maximum absolute atomic E-state index is 11.7. The molecule has 118 valence electrons. The quantitative estimate of drug-likeness (QED) is 0.648. The van der Waals surface area contributed by atoms with Gasteiger partial charge >= 0.3 is 0 Å².